The van der Waals surface area contributed by atoms with E-state index in [0.29, 0.717) is 6.54 Å². The molecule has 0 aliphatic rings. The third-order valence-electron chi connectivity index (χ3n) is 2.56. The van der Waals surface area contributed by atoms with Gasteiger partial charge in [0.25, 0.3) is 5.69 Å². The van der Waals surface area contributed by atoms with Gasteiger partial charge in [-0.05, 0) is 27.6 Å². The number of nitrogens with one attached hydrogen (secondary N) is 1. The first-order valence-corrected chi connectivity index (χ1v) is 6.28. The molecule has 0 amide bonds. The van der Waals surface area contributed by atoms with Crippen LogP contribution in [0.2, 0.25) is 0 Å². The summed E-state index contributed by atoms with van der Waals surface area (Å²) in [6.45, 7) is 0.430. The standard InChI is InChI=1S/C13H10BrFN2O2/c14-10-6-12(13(17(18)19)7-11(10)15)16-8-9-4-2-1-3-5-9/h1-7,16H,8H2. The molecule has 0 bridgehead atoms. The normalized spacial score (nSPS) is 10.2. The maximum Gasteiger partial charge on any atom is 0.295 e. The van der Waals surface area contributed by atoms with Gasteiger partial charge < -0.3 is 5.32 Å². The highest BCUT2D eigenvalue weighted by Crippen LogP contribution is 2.30. The van der Waals surface area contributed by atoms with Gasteiger partial charge in [0.05, 0.1) is 15.5 Å². The molecule has 0 saturated heterocycles. The highest BCUT2D eigenvalue weighted by atomic mass is 79.9. The minimum absolute atomic E-state index is 0.189. The summed E-state index contributed by atoms with van der Waals surface area (Å²) in [5.41, 5.74) is 0.982. The zero-order valence-corrected chi connectivity index (χ0v) is 11.4. The van der Waals surface area contributed by atoms with E-state index in [1.165, 1.54) is 6.07 Å². The number of nitro groups is 1. The van der Waals surface area contributed by atoms with E-state index in [1.807, 2.05) is 30.3 Å². The number of anilines is 1. The molecule has 6 heteroatoms. The number of nitro benzene ring substituents is 1. The topological polar surface area (TPSA) is 55.2 Å². The van der Waals surface area contributed by atoms with Gasteiger partial charge in [-0.3, -0.25) is 10.1 Å². The highest BCUT2D eigenvalue weighted by molar-refractivity contribution is 9.10. The van der Waals surface area contributed by atoms with E-state index >= 15 is 0 Å². The number of benzene rings is 2. The minimum Gasteiger partial charge on any atom is -0.375 e. The molecule has 0 heterocycles. The van der Waals surface area contributed by atoms with Gasteiger partial charge in [0, 0.05) is 6.54 Å². The Kier molecular flexibility index (Phi) is 4.11. The van der Waals surface area contributed by atoms with Gasteiger partial charge in [0.2, 0.25) is 0 Å². The molecule has 1 N–H and O–H groups in total. The number of hydrogen-bond donors (Lipinski definition) is 1. The van der Waals surface area contributed by atoms with Gasteiger partial charge in [0.1, 0.15) is 11.5 Å². The second kappa shape index (κ2) is 5.79. The van der Waals surface area contributed by atoms with Crippen molar-refractivity contribution in [2.45, 2.75) is 6.54 Å². The van der Waals surface area contributed by atoms with E-state index in [0.717, 1.165) is 11.6 Å². The van der Waals surface area contributed by atoms with Crippen LogP contribution >= 0.6 is 15.9 Å². The number of rotatable bonds is 4. The van der Waals surface area contributed by atoms with E-state index in [9.17, 15) is 14.5 Å². The van der Waals surface area contributed by atoms with E-state index in [2.05, 4.69) is 21.2 Å². The predicted octanol–water partition coefficient (Wildman–Crippen LogP) is 4.11. The molecule has 0 unspecified atom stereocenters. The van der Waals surface area contributed by atoms with E-state index in [-0.39, 0.29) is 15.8 Å². The molecule has 0 aromatic heterocycles. The van der Waals surface area contributed by atoms with Crippen LogP contribution in [0.15, 0.2) is 46.9 Å². The molecule has 98 valence electrons. The van der Waals surface area contributed by atoms with E-state index < -0.39 is 10.7 Å². The van der Waals surface area contributed by atoms with Crippen LogP contribution in [-0.2, 0) is 6.54 Å². The van der Waals surface area contributed by atoms with Crippen LogP contribution in [0.1, 0.15) is 5.56 Å². The van der Waals surface area contributed by atoms with Crippen LogP contribution in [0.25, 0.3) is 0 Å². The van der Waals surface area contributed by atoms with Gasteiger partial charge in [-0.15, -0.1) is 0 Å². The summed E-state index contributed by atoms with van der Waals surface area (Å²) < 4.78 is 13.5. The van der Waals surface area contributed by atoms with Gasteiger partial charge >= 0.3 is 0 Å². The molecule has 0 aliphatic heterocycles. The summed E-state index contributed by atoms with van der Waals surface area (Å²) in [5.74, 6) is -0.656. The van der Waals surface area contributed by atoms with Crippen molar-refractivity contribution >= 4 is 27.3 Å². The van der Waals surface area contributed by atoms with Gasteiger partial charge in [-0.25, -0.2) is 4.39 Å². The lowest BCUT2D eigenvalue weighted by atomic mass is 10.2. The first-order chi connectivity index (χ1) is 9.08. The van der Waals surface area contributed by atoms with Crippen LogP contribution < -0.4 is 5.32 Å². The summed E-state index contributed by atoms with van der Waals surface area (Å²) >= 11 is 3.02. The van der Waals surface area contributed by atoms with Gasteiger partial charge in [-0.2, -0.15) is 0 Å². The quantitative estimate of drug-likeness (QED) is 0.680. The van der Waals surface area contributed by atoms with Crippen molar-refractivity contribution < 1.29 is 9.31 Å². The smallest absolute Gasteiger partial charge is 0.295 e. The second-order valence-electron chi connectivity index (χ2n) is 3.88. The molecular formula is C13H10BrFN2O2. The molecule has 2 rings (SSSR count). The number of hydrogen-bond acceptors (Lipinski definition) is 3. The van der Waals surface area contributed by atoms with E-state index in [4.69, 9.17) is 0 Å². The molecule has 19 heavy (non-hydrogen) atoms. The Labute approximate surface area is 117 Å². The Morgan fingerprint density at radius 2 is 1.95 bits per heavy atom. The molecular weight excluding hydrogens is 315 g/mol. The summed E-state index contributed by atoms with van der Waals surface area (Å²) in [6, 6.07) is 11.7. The van der Waals surface area contributed by atoms with Crippen molar-refractivity contribution in [2.75, 3.05) is 5.32 Å². The second-order valence-corrected chi connectivity index (χ2v) is 4.73. The van der Waals surface area contributed by atoms with Crippen LogP contribution in [0.3, 0.4) is 0 Å². The molecule has 0 fully saturated rings. The summed E-state index contributed by atoms with van der Waals surface area (Å²) in [4.78, 5) is 10.3. The molecule has 2 aromatic carbocycles. The van der Waals surface area contributed by atoms with Gasteiger partial charge in [0.15, 0.2) is 0 Å². The molecule has 2 aromatic rings. The van der Waals surface area contributed by atoms with Crippen LogP contribution in [0, 0.1) is 15.9 Å². The summed E-state index contributed by atoms with van der Waals surface area (Å²) in [5, 5.41) is 13.8. The summed E-state index contributed by atoms with van der Waals surface area (Å²) in [7, 11) is 0. The van der Waals surface area contributed by atoms with Crippen LogP contribution in [-0.4, -0.2) is 4.92 Å². The fraction of sp³-hybridized carbons (Fsp3) is 0.0769. The third-order valence-corrected chi connectivity index (χ3v) is 3.17. The minimum atomic E-state index is -0.656. The molecule has 0 saturated carbocycles. The average Bonchev–Trinajstić information content (AvgIpc) is 2.40. The zero-order valence-electron chi connectivity index (χ0n) is 9.77. The SMILES string of the molecule is O=[N+]([O-])c1cc(F)c(Br)cc1NCc1ccccc1. The monoisotopic (exact) mass is 324 g/mol. The van der Waals surface area contributed by atoms with Crippen LogP contribution in [0.4, 0.5) is 15.8 Å². The average molecular weight is 325 g/mol. The van der Waals surface area contributed by atoms with Crippen molar-refractivity contribution in [3.63, 3.8) is 0 Å². The Bertz CT molecular complexity index is 605. The maximum atomic E-state index is 13.3. The number of halogens is 2. The van der Waals surface area contributed by atoms with E-state index in [1.54, 1.807) is 0 Å². The Morgan fingerprint density at radius 3 is 2.58 bits per heavy atom. The van der Waals surface area contributed by atoms with Crippen molar-refractivity contribution in [1.82, 2.24) is 0 Å². The molecule has 0 radical (unpaired) electrons. The number of nitrogens with zero attached hydrogens (tertiary/aromatic N) is 1. The van der Waals surface area contributed by atoms with Crippen molar-refractivity contribution in [2.24, 2.45) is 0 Å². The van der Waals surface area contributed by atoms with Gasteiger partial charge in [-0.1, -0.05) is 30.3 Å². The highest BCUT2D eigenvalue weighted by Gasteiger charge is 2.17. The zero-order chi connectivity index (χ0) is 13.8. The first kappa shape index (κ1) is 13.5. The van der Waals surface area contributed by atoms with Crippen LogP contribution in [0.5, 0.6) is 0 Å². The molecule has 4 nitrogen and oxygen atoms in total. The largest absolute Gasteiger partial charge is 0.375 e. The lowest BCUT2D eigenvalue weighted by Crippen LogP contribution is -2.03. The maximum absolute atomic E-state index is 13.3. The van der Waals surface area contributed by atoms with Crippen molar-refractivity contribution in [3.8, 4) is 0 Å². The fourth-order valence-corrected chi connectivity index (χ4v) is 1.97. The Morgan fingerprint density at radius 1 is 1.26 bits per heavy atom. The fourth-order valence-electron chi connectivity index (χ4n) is 1.62. The predicted molar refractivity (Wildman–Crippen MR) is 74.5 cm³/mol. The third kappa shape index (κ3) is 3.29. The molecule has 0 atom stereocenters. The lowest BCUT2D eigenvalue weighted by Gasteiger charge is -2.08. The lowest BCUT2D eigenvalue weighted by molar-refractivity contribution is -0.384. The molecule has 0 aliphatic carbocycles. The van der Waals surface area contributed by atoms with Crippen molar-refractivity contribution in [1.29, 1.82) is 0 Å². The Balaban J connectivity index is 2.24. The first-order valence-electron chi connectivity index (χ1n) is 5.49. The molecule has 0 spiro atoms. The Hall–Kier alpha value is -1.95. The van der Waals surface area contributed by atoms with Crippen molar-refractivity contribution in [3.05, 3.63) is 68.4 Å². The summed E-state index contributed by atoms with van der Waals surface area (Å²) in [6.07, 6.45) is 0.